The van der Waals surface area contributed by atoms with E-state index in [1.54, 1.807) is 0 Å². The van der Waals surface area contributed by atoms with Crippen LogP contribution in [0.1, 0.15) is 20.9 Å². The van der Waals surface area contributed by atoms with Crippen LogP contribution in [0.2, 0.25) is 0 Å². The summed E-state index contributed by atoms with van der Waals surface area (Å²) in [5.41, 5.74) is 0.622. The predicted molar refractivity (Wildman–Crippen MR) is 108 cm³/mol. The zero-order valence-corrected chi connectivity index (χ0v) is 16.6. The molecule has 0 aliphatic heterocycles. The molecule has 150 valence electrons. The minimum atomic E-state index is -0.677. The lowest BCUT2D eigenvalue weighted by molar-refractivity contribution is -0.385. The lowest BCUT2D eigenvalue weighted by Gasteiger charge is -2.10. The Morgan fingerprint density at radius 1 is 1.10 bits per heavy atom. The summed E-state index contributed by atoms with van der Waals surface area (Å²) in [5, 5.41) is 23.0. The lowest BCUT2D eigenvalue weighted by atomic mass is 10.1. The summed E-state index contributed by atoms with van der Waals surface area (Å²) in [7, 11) is 2.74. The number of rotatable bonds is 8. The number of carbonyl (C=O) groups excluding carboxylic acids is 1. The number of nitrogens with one attached hydrogen (secondary N) is 1. The summed E-state index contributed by atoms with van der Waals surface area (Å²) < 4.78 is 10.2. The molecule has 0 radical (unpaired) electrons. The molecule has 2 aromatic carbocycles. The standard InChI is InChI=1S/C19H18N4O5S/c1-27-15-10-13(14(23(25)26)11-16(15)28-2)18(24)20-19-22-21-17(29-19)9-8-12-6-4-3-5-7-12/h3-7,10-11H,8-9H2,1-2H3,(H,20,22,24). The molecule has 0 bridgehead atoms. The maximum Gasteiger partial charge on any atom is 0.286 e. The number of benzene rings is 2. The number of carbonyl (C=O) groups is 1. The molecule has 3 rings (SSSR count). The molecule has 0 aliphatic carbocycles. The van der Waals surface area contributed by atoms with Crippen LogP contribution in [-0.4, -0.2) is 35.2 Å². The maximum atomic E-state index is 12.6. The quantitative estimate of drug-likeness (QED) is 0.443. The summed E-state index contributed by atoms with van der Waals surface area (Å²) in [5.74, 6) is -0.303. The zero-order chi connectivity index (χ0) is 20.8. The van der Waals surface area contributed by atoms with Crippen LogP contribution in [0.25, 0.3) is 0 Å². The number of anilines is 1. The first-order chi connectivity index (χ1) is 14.0. The first kappa shape index (κ1) is 20.2. The Hall–Kier alpha value is -3.53. The highest BCUT2D eigenvalue weighted by Gasteiger charge is 2.25. The SMILES string of the molecule is COc1cc(C(=O)Nc2nnc(CCc3ccccc3)s2)c([N+](=O)[O-])cc1OC. The lowest BCUT2D eigenvalue weighted by Crippen LogP contribution is -2.14. The van der Waals surface area contributed by atoms with Gasteiger partial charge in [0.15, 0.2) is 11.5 Å². The number of nitrogens with zero attached hydrogens (tertiary/aromatic N) is 3. The molecule has 9 nitrogen and oxygen atoms in total. The first-order valence-corrected chi connectivity index (χ1v) is 9.41. The molecule has 0 saturated carbocycles. The largest absolute Gasteiger partial charge is 0.493 e. The minimum Gasteiger partial charge on any atom is -0.493 e. The van der Waals surface area contributed by atoms with Gasteiger partial charge in [-0.05, 0) is 12.0 Å². The molecule has 0 spiro atoms. The Bertz CT molecular complexity index is 1020. The van der Waals surface area contributed by atoms with Gasteiger partial charge in [0.2, 0.25) is 5.13 Å². The van der Waals surface area contributed by atoms with E-state index in [4.69, 9.17) is 9.47 Å². The molecular weight excluding hydrogens is 396 g/mol. The second-order valence-corrected chi connectivity index (χ2v) is 6.98. The summed E-state index contributed by atoms with van der Waals surface area (Å²) in [6.07, 6.45) is 1.47. The molecule has 0 unspecified atom stereocenters. The zero-order valence-electron chi connectivity index (χ0n) is 15.7. The molecule has 0 fully saturated rings. The topological polar surface area (TPSA) is 116 Å². The van der Waals surface area contributed by atoms with Crippen molar-refractivity contribution in [3.63, 3.8) is 0 Å². The monoisotopic (exact) mass is 414 g/mol. The summed E-state index contributed by atoms with van der Waals surface area (Å²) in [4.78, 5) is 23.3. The van der Waals surface area contributed by atoms with Crippen LogP contribution in [0.15, 0.2) is 42.5 Å². The van der Waals surface area contributed by atoms with E-state index in [0.29, 0.717) is 6.42 Å². The number of amides is 1. The van der Waals surface area contributed by atoms with Crippen molar-refractivity contribution in [1.29, 1.82) is 0 Å². The van der Waals surface area contributed by atoms with Gasteiger partial charge < -0.3 is 9.47 Å². The first-order valence-electron chi connectivity index (χ1n) is 8.60. The van der Waals surface area contributed by atoms with Crippen LogP contribution < -0.4 is 14.8 Å². The van der Waals surface area contributed by atoms with Gasteiger partial charge in [0.1, 0.15) is 10.6 Å². The van der Waals surface area contributed by atoms with Crippen LogP contribution in [0.4, 0.5) is 10.8 Å². The van der Waals surface area contributed by atoms with Crippen LogP contribution in [0.5, 0.6) is 11.5 Å². The molecule has 10 heteroatoms. The molecular formula is C19H18N4O5S. The number of aromatic nitrogens is 2. The van der Waals surface area contributed by atoms with Gasteiger partial charge in [-0.1, -0.05) is 41.7 Å². The Morgan fingerprint density at radius 3 is 2.45 bits per heavy atom. The van der Waals surface area contributed by atoms with Crippen LogP contribution in [0.3, 0.4) is 0 Å². The molecule has 1 N–H and O–H groups in total. The van der Waals surface area contributed by atoms with E-state index >= 15 is 0 Å². The van der Waals surface area contributed by atoms with Gasteiger partial charge in [0.25, 0.3) is 11.6 Å². The van der Waals surface area contributed by atoms with E-state index in [0.717, 1.165) is 17.5 Å². The van der Waals surface area contributed by atoms with E-state index in [2.05, 4.69) is 15.5 Å². The molecule has 0 atom stereocenters. The van der Waals surface area contributed by atoms with Crippen molar-refractivity contribution in [3.05, 3.63) is 68.7 Å². The molecule has 1 heterocycles. The number of nitro benzene ring substituents is 1. The van der Waals surface area contributed by atoms with Gasteiger partial charge in [0.05, 0.1) is 25.2 Å². The maximum absolute atomic E-state index is 12.6. The summed E-state index contributed by atoms with van der Waals surface area (Å²) in [6.45, 7) is 0. The van der Waals surface area contributed by atoms with Crippen molar-refractivity contribution in [2.24, 2.45) is 0 Å². The number of hydrogen-bond acceptors (Lipinski definition) is 8. The normalized spacial score (nSPS) is 10.4. The van der Waals surface area contributed by atoms with Crippen molar-refractivity contribution in [2.45, 2.75) is 12.8 Å². The van der Waals surface area contributed by atoms with Crippen molar-refractivity contribution in [2.75, 3.05) is 19.5 Å². The van der Waals surface area contributed by atoms with Crippen molar-refractivity contribution < 1.29 is 19.2 Å². The fourth-order valence-corrected chi connectivity index (χ4v) is 3.40. The Kier molecular flexibility index (Phi) is 6.35. The van der Waals surface area contributed by atoms with Gasteiger partial charge >= 0.3 is 0 Å². The number of hydrogen-bond donors (Lipinski definition) is 1. The predicted octanol–water partition coefficient (Wildman–Crippen LogP) is 3.50. The van der Waals surface area contributed by atoms with Crippen molar-refractivity contribution in [3.8, 4) is 11.5 Å². The highest BCUT2D eigenvalue weighted by molar-refractivity contribution is 7.15. The third-order valence-corrected chi connectivity index (χ3v) is 5.00. The number of methoxy groups -OCH3 is 2. The Balaban J connectivity index is 1.75. The van der Waals surface area contributed by atoms with E-state index in [-0.39, 0.29) is 22.2 Å². The highest BCUT2D eigenvalue weighted by atomic mass is 32.1. The van der Waals surface area contributed by atoms with Crippen LogP contribution in [0, 0.1) is 10.1 Å². The van der Waals surface area contributed by atoms with Crippen LogP contribution >= 0.6 is 11.3 Å². The summed E-state index contributed by atoms with van der Waals surface area (Å²) >= 11 is 1.23. The number of ether oxygens (including phenoxy) is 2. The van der Waals surface area contributed by atoms with E-state index in [1.165, 1.54) is 37.2 Å². The fraction of sp³-hybridized carbons (Fsp3) is 0.211. The smallest absolute Gasteiger partial charge is 0.286 e. The Labute approximate surface area is 170 Å². The average molecular weight is 414 g/mol. The van der Waals surface area contributed by atoms with Gasteiger partial charge in [-0.15, -0.1) is 10.2 Å². The number of aryl methyl sites for hydroxylation is 2. The molecule has 3 aromatic rings. The fourth-order valence-electron chi connectivity index (χ4n) is 2.67. The second-order valence-electron chi connectivity index (χ2n) is 5.92. The molecule has 0 saturated heterocycles. The third kappa shape index (κ3) is 4.85. The van der Waals surface area contributed by atoms with Crippen molar-refractivity contribution >= 4 is 28.1 Å². The van der Waals surface area contributed by atoms with Gasteiger partial charge in [-0.3, -0.25) is 20.2 Å². The second kappa shape index (κ2) is 9.11. The minimum absolute atomic E-state index is 0.159. The average Bonchev–Trinajstić information content (AvgIpc) is 3.19. The highest BCUT2D eigenvalue weighted by Crippen LogP contribution is 2.35. The van der Waals surface area contributed by atoms with E-state index < -0.39 is 16.5 Å². The molecule has 29 heavy (non-hydrogen) atoms. The third-order valence-electron chi connectivity index (χ3n) is 4.10. The van der Waals surface area contributed by atoms with E-state index in [9.17, 15) is 14.9 Å². The van der Waals surface area contributed by atoms with Gasteiger partial charge in [-0.2, -0.15) is 0 Å². The van der Waals surface area contributed by atoms with Gasteiger partial charge in [0, 0.05) is 12.5 Å². The number of nitro groups is 1. The van der Waals surface area contributed by atoms with E-state index in [1.807, 2.05) is 30.3 Å². The molecule has 0 aliphatic rings. The molecule has 1 aromatic heterocycles. The Morgan fingerprint density at radius 2 is 1.79 bits per heavy atom. The molecule has 1 amide bonds. The summed E-state index contributed by atoms with van der Waals surface area (Å²) in [6, 6.07) is 12.4. The van der Waals surface area contributed by atoms with Crippen LogP contribution in [-0.2, 0) is 12.8 Å². The van der Waals surface area contributed by atoms with Crippen molar-refractivity contribution in [1.82, 2.24) is 10.2 Å². The van der Waals surface area contributed by atoms with Gasteiger partial charge in [-0.25, -0.2) is 0 Å².